The summed E-state index contributed by atoms with van der Waals surface area (Å²) in [6.07, 6.45) is 4.76. The van der Waals surface area contributed by atoms with Crippen LogP contribution in [0, 0.1) is 5.92 Å². The number of hydrogen-bond donors (Lipinski definition) is 0. The van der Waals surface area contributed by atoms with Gasteiger partial charge in [-0.15, -0.1) is 0 Å². The highest BCUT2D eigenvalue weighted by atomic mass is 16.5. The van der Waals surface area contributed by atoms with Crippen molar-refractivity contribution in [2.24, 2.45) is 5.92 Å². The summed E-state index contributed by atoms with van der Waals surface area (Å²) in [4.78, 5) is 2.57. The minimum absolute atomic E-state index is 0.396. The molecular formula is C13H21N3O. The Morgan fingerprint density at radius 3 is 3.12 bits per heavy atom. The third-order valence-electron chi connectivity index (χ3n) is 3.68. The average molecular weight is 235 g/mol. The van der Waals surface area contributed by atoms with E-state index < -0.39 is 0 Å². The van der Waals surface area contributed by atoms with Crippen LogP contribution in [0.1, 0.15) is 31.5 Å². The smallest absolute Gasteiger partial charge is 0.0883 e. The van der Waals surface area contributed by atoms with Gasteiger partial charge in [-0.05, 0) is 31.7 Å². The molecule has 17 heavy (non-hydrogen) atoms. The molecule has 1 aromatic heterocycles. The Morgan fingerprint density at radius 2 is 2.35 bits per heavy atom. The summed E-state index contributed by atoms with van der Waals surface area (Å²) in [6, 6.07) is 2.53. The normalized spacial score (nSPS) is 24.9. The molecule has 1 fully saturated rings. The summed E-state index contributed by atoms with van der Waals surface area (Å²) < 4.78 is 7.73. The van der Waals surface area contributed by atoms with Crippen molar-refractivity contribution in [3.63, 3.8) is 0 Å². The molecule has 0 bridgehead atoms. The Labute approximate surface area is 103 Å². The molecule has 94 valence electrons. The van der Waals surface area contributed by atoms with Gasteiger partial charge in [0.15, 0.2) is 0 Å². The third-order valence-corrected chi connectivity index (χ3v) is 3.68. The van der Waals surface area contributed by atoms with Gasteiger partial charge in [0.1, 0.15) is 0 Å². The van der Waals surface area contributed by atoms with Crippen molar-refractivity contribution >= 4 is 0 Å². The van der Waals surface area contributed by atoms with E-state index >= 15 is 0 Å². The van der Waals surface area contributed by atoms with Gasteiger partial charge in [0.25, 0.3) is 0 Å². The number of aromatic nitrogens is 2. The number of ether oxygens (including phenoxy) is 1. The molecule has 0 aromatic carbocycles. The predicted octanol–water partition coefficient (Wildman–Crippen LogP) is 1.69. The van der Waals surface area contributed by atoms with E-state index in [0.717, 1.165) is 32.2 Å². The van der Waals surface area contributed by atoms with Gasteiger partial charge in [0, 0.05) is 32.4 Å². The summed E-state index contributed by atoms with van der Waals surface area (Å²) in [5.41, 5.74) is 1.33. The van der Waals surface area contributed by atoms with Gasteiger partial charge in [-0.3, -0.25) is 9.58 Å². The zero-order valence-corrected chi connectivity index (χ0v) is 10.5. The Hall–Kier alpha value is -0.870. The lowest BCUT2D eigenvalue weighted by Crippen LogP contribution is -2.40. The van der Waals surface area contributed by atoms with Crippen LogP contribution < -0.4 is 0 Å². The number of hydrogen-bond acceptors (Lipinski definition) is 3. The standard InChI is InChI=1S/C13H21N3O/c1-2-17-10-13-9-15(7-11-3-4-11)8-12-5-6-14-16(12)13/h5-6,11,13H,2-4,7-10H2,1H3/t13-/m0/s1. The third kappa shape index (κ3) is 2.53. The lowest BCUT2D eigenvalue weighted by atomic mass is 10.2. The SMILES string of the molecule is CCOC[C@@H]1CN(CC2CC2)Cc2ccnn21. The quantitative estimate of drug-likeness (QED) is 0.778. The van der Waals surface area contributed by atoms with Crippen LogP contribution in [0.25, 0.3) is 0 Å². The number of nitrogens with zero attached hydrogens (tertiary/aromatic N) is 3. The van der Waals surface area contributed by atoms with Crippen molar-refractivity contribution in [3.05, 3.63) is 18.0 Å². The van der Waals surface area contributed by atoms with Crippen molar-refractivity contribution in [1.29, 1.82) is 0 Å². The van der Waals surface area contributed by atoms with Crippen molar-refractivity contribution in [1.82, 2.24) is 14.7 Å². The van der Waals surface area contributed by atoms with Gasteiger partial charge in [0.2, 0.25) is 0 Å². The lowest BCUT2D eigenvalue weighted by Gasteiger charge is -2.33. The van der Waals surface area contributed by atoms with Gasteiger partial charge in [-0.25, -0.2) is 0 Å². The van der Waals surface area contributed by atoms with Crippen LogP contribution in [-0.4, -0.2) is 41.0 Å². The molecule has 3 rings (SSSR count). The Bertz CT molecular complexity index is 372. The summed E-state index contributed by atoms with van der Waals surface area (Å²) in [6.45, 7) is 7.02. The van der Waals surface area contributed by atoms with Gasteiger partial charge >= 0.3 is 0 Å². The summed E-state index contributed by atoms with van der Waals surface area (Å²) in [7, 11) is 0. The fourth-order valence-electron chi connectivity index (χ4n) is 2.65. The second-order valence-corrected chi connectivity index (χ2v) is 5.22. The zero-order chi connectivity index (χ0) is 11.7. The maximum Gasteiger partial charge on any atom is 0.0883 e. The monoisotopic (exact) mass is 235 g/mol. The summed E-state index contributed by atoms with van der Waals surface area (Å²) >= 11 is 0. The van der Waals surface area contributed by atoms with Crippen LogP contribution in [0.2, 0.25) is 0 Å². The number of fused-ring (bicyclic) bond motifs is 1. The molecule has 2 heterocycles. The Kier molecular flexibility index (Phi) is 3.16. The van der Waals surface area contributed by atoms with E-state index in [1.165, 1.54) is 25.1 Å². The van der Waals surface area contributed by atoms with E-state index in [4.69, 9.17) is 4.74 Å². The van der Waals surface area contributed by atoms with E-state index in [9.17, 15) is 0 Å². The average Bonchev–Trinajstić information content (AvgIpc) is 3.01. The molecule has 0 N–H and O–H groups in total. The van der Waals surface area contributed by atoms with Crippen LogP contribution in [0.5, 0.6) is 0 Å². The zero-order valence-electron chi connectivity index (χ0n) is 10.5. The fraction of sp³-hybridized carbons (Fsp3) is 0.769. The largest absolute Gasteiger partial charge is 0.379 e. The first kappa shape index (κ1) is 11.2. The maximum absolute atomic E-state index is 5.58. The van der Waals surface area contributed by atoms with E-state index in [1.54, 1.807) is 0 Å². The molecule has 0 radical (unpaired) electrons. The molecule has 1 saturated carbocycles. The van der Waals surface area contributed by atoms with Gasteiger partial charge in [-0.1, -0.05) is 0 Å². The van der Waals surface area contributed by atoms with Crippen LogP contribution >= 0.6 is 0 Å². The van der Waals surface area contributed by atoms with Crippen molar-refractivity contribution in [2.75, 3.05) is 26.3 Å². The second kappa shape index (κ2) is 4.78. The molecule has 0 saturated heterocycles. The van der Waals surface area contributed by atoms with Crippen LogP contribution in [0.4, 0.5) is 0 Å². The van der Waals surface area contributed by atoms with Crippen LogP contribution in [0.3, 0.4) is 0 Å². The molecule has 0 amide bonds. The first-order valence-corrected chi connectivity index (χ1v) is 6.69. The first-order valence-electron chi connectivity index (χ1n) is 6.69. The van der Waals surface area contributed by atoms with Crippen molar-refractivity contribution in [2.45, 2.75) is 32.4 Å². The second-order valence-electron chi connectivity index (χ2n) is 5.22. The van der Waals surface area contributed by atoms with Gasteiger partial charge in [0.05, 0.1) is 18.3 Å². The predicted molar refractivity (Wildman–Crippen MR) is 65.8 cm³/mol. The van der Waals surface area contributed by atoms with Crippen LogP contribution in [0.15, 0.2) is 12.3 Å². The van der Waals surface area contributed by atoms with Crippen molar-refractivity contribution in [3.8, 4) is 0 Å². The first-order chi connectivity index (χ1) is 8.36. The molecule has 0 unspecified atom stereocenters. The summed E-state index contributed by atoms with van der Waals surface area (Å²) in [5.74, 6) is 0.956. The molecule has 0 spiro atoms. The highest BCUT2D eigenvalue weighted by molar-refractivity contribution is 5.05. The highest BCUT2D eigenvalue weighted by Gasteiger charge is 2.30. The fourth-order valence-corrected chi connectivity index (χ4v) is 2.65. The minimum atomic E-state index is 0.396. The molecule has 2 aliphatic rings. The minimum Gasteiger partial charge on any atom is -0.379 e. The Balaban J connectivity index is 1.69. The molecule has 4 nitrogen and oxygen atoms in total. The number of rotatable bonds is 5. The van der Waals surface area contributed by atoms with Crippen molar-refractivity contribution < 1.29 is 4.74 Å². The molecule has 1 aliphatic heterocycles. The van der Waals surface area contributed by atoms with E-state index in [0.29, 0.717) is 6.04 Å². The van der Waals surface area contributed by atoms with E-state index in [-0.39, 0.29) is 0 Å². The topological polar surface area (TPSA) is 30.3 Å². The summed E-state index contributed by atoms with van der Waals surface area (Å²) in [5, 5.41) is 4.43. The Morgan fingerprint density at radius 1 is 1.47 bits per heavy atom. The van der Waals surface area contributed by atoms with E-state index in [2.05, 4.69) is 27.7 Å². The molecular weight excluding hydrogens is 214 g/mol. The van der Waals surface area contributed by atoms with E-state index in [1.807, 2.05) is 6.20 Å². The lowest BCUT2D eigenvalue weighted by molar-refractivity contribution is 0.0692. The maximum atomic E-state index is 5.58. The van der Waals surface area contributed by atoms with Gasteiger partial charge < -0.3 is 4.74 Å². The molecule has 4 heteroatoms. The van der Waals surface area contributed by atoms with Gasteiger partial charge in [-0.2, -0.15) is 5.10 Å². The van der Waals surface area contributed by atoms with Crippen LogP contribution in [-0.2, 0) is 11.3 Å². The highest BCUT2D eigenvalue weighted by Crippen LogP contribution is 2.32. The molecule has 1 atom stereocenters. The molecule has 1 aliphatic carbocycles. The molecule has 1 aromatic rings.